The van der Waals surface area contributed by atoms with Crippen LogP contribution in [0.5, 0.6) is 0 Å². The van der Waals surface area contributed by atoms with Crippen LogP contribution in [0.3, 0.4) is 0 Å². The van der Waals surface area contributed by atoms with Crippen molar-refractivity contribution in [1.82, 2.24) is 9.80 Å². The fourth-order valence-electron chi connectivity index (χ4n) is 5.16. The molecule has 0 spiro atoms. The lowest BCUT2D eigenvalue weighted by Crippen LogP contribution is -2.39. The largest absolute Gasteiger partial charge is 0.444 e. The first-order valence-corrected chi connectivity index (χ1v) is 12.3. The van der Waals surface area contributed by atoms with Gasteiger partial charge < -0.3 is 19.3 Å². The van der Waals surface area contributed by atoms with Gasteiger partial charge in [-0.2, -0.15) is 0 Å². The number of rotatable bonds is 3. The molecule has 2 saturated heterocycles. The van der Waals surface area contributed by atoms with Crippen LogP contribution in [-0.4, -0.2) is 53.7 Å². The van der Waals surface area contributed by atoms with Gasteiger partial charge in [-0.3, -0.25) is 4.79 Å². The number of ether oxygens (including phenoxy) is 2. The van der Waals surface area contributed by atoms with Gasteiger partial charge in [0.15, 0.2) is 0 Å². The predicted molar refractivity (Wildman–Crippen MR) is 124 cm³/mol. The summed E-state index contributed by atoms with van der Waals surface area (Å²) in [6.07, 6.45) is 4.90. The van der Waals surface area contributed by atoms with E-state index in [-0.39, 0.29) is 18.0 Å². The molecule has 2 amide bonds. The van der Waals surface area contributed by atoms with Crippen molar-refractivity contribution in [1.29, 1.82) is 0 Å². The van der Waals surface area contributed by atoms with Gasteiger partial charge in [0.25, 0.3) is 0 Å². The van der Waals surface area contributed by atoms with Crippen LogP contribution in [0.25, 0.3) is 0 Å². The van der Waals surface area contributed by atoms with Crippen molar-refractivity contribution < 1.29 is 19.1 Å². The summed E-state index contributed by atoms with van der Waals surface area (Å²) >= 11 is 6.52. The first kappa shape index (κ1) is 23.4. The van der Waals surface area contributed by atoms with Crippen molar-refractivity contribution >= 4 is 23.6 Å². The molecule has 32 heavy (non-hydrogen) atoms. The monoisotopic (exact) mass is 462 g/mol. The molecule has 0 aromatic heterocycles. The van der Waals surface area contributed by atoms with Gasteiger partial charge >= 0.3 is 6.09 Å². The van der Waals surface area contributed by atoms with Gasteiger partial charge in [0.2, 0.25) is 5.91 Å². The highest BCUT2D eigenvalue weighted by Crippen LogP contribution is 2.39. The second-order valence-corrected chi connectivity index (χ2v) is 10.7. The maximum absolute atomic E-state index is 13.0. The Labute approximate surface area is 196 Å². The first-order valence-electron chi connectivity index (χ1n) is 11.9. The Morgan fingerprint density at radius 1 is 1.16 bits per heavy atom. The zero-order chi connectivity index (χ0) is 22.9. The lowest BCUT2D eigenvalue weighted by atomic mass is 9.89. The zero-order valence-corrected chi connectivity index (χ0v) is 20.2. The molecular formula is C25H35ClN2O4. The van der Waals surface area contributed by atoms with Gasteiger partial charge in [0, 0.05) is 44.3 Å². The summed E-state index contributed by atoms with van der Waals surface area (Å²) in [4.78, 5) is 29.6. The Morgan fingerprint density at radius 2 is 1.91 bits per heavy atom. The molecule has 1 atom stereocenters. The van der Waals surface area contributed by atoms with Crippen molar-refractivity contribution in [2.24, 2.45) is 5.92 Å². The topological polar surface area (TPSA) is 59.1 Å². The van der Waals surface area contributed by atoms with E-state index in [1.165, 1.54) is 5.56 Å². The molecule has 3 aliphatic rings. The van der Waals surface area contributed by atoms with E-state index in [0.717, 1.165) is 56.4 Å². The van der Waals surface area contributed by atoms with Crippen LogP contribution in [0.2, 0.25) is 5.02 Å². The molecule has 1 aromatic carbocycles. The molecule has 0 aliphatic carbocycles. The van der Waals surface area contributed by atoms with E-state index >= 15 is 0 Å². The summed E-state index contributed by atoms with van der Waals surface area (Å²) in [5.74, 6) is 0.647. The predicted octanol–water partition coefficient (Wildman–Crippen LogP) is 5.11. The highest BCUT2D eigenvalue weighted by molar-refractivity contribution is 6.30. The van der Waals surface area contributed by atoms with E-state index in [2.05, 4.69) is 0 Å². The standard InChI is InChI=1S/C25H35ClN2O4/c1-25(2,3)32-24(30)28-9-4-5-22(28)21-15-19(26)14-18-16-27(10-6-20(18)21)23(29)13-17-7-11-31-12-8-17/h14-15,17,22H,4-13,16H2,1-3H3/t22-/m0/s1. The number of amides is 2. The van der Waals surface area contributed by atoms with E-state index in [4.69, 9.17) is 21.1 Å². The van der Waals surface area contributed by atoms with E-state index in [0.29, 0.717) is 37.0 Å². The second-order valence-electron chi connectivity index (χ2n) is 10.3. The Hall–Kier alpha value is -1.79. The summed E-state index contributed by atoms with van der Waals surface area (Å²) in [7, 11) is 0. The van der Waals surface area contributed by atoms with E-state index in [9.17, 15) is 9.59 Å². The molecule has 7 heteroatoms. The number of benzene rings is 1. The van der Waals surface area contributed by atoms with Crippen molar-refractivity contribution in [2.45, 2.75) is 77.5 Å². The quantitative estimate of drug-likeness (QED) is 0.626. The van der Waals surface area contributed by atoms with Gasteiger partial charge in [-0.25, -0.2) is 4.79 Å². The smallest absolute Gasteiger partial charge is 0.410 e. The molecule has 0 saturated carbocycles. The maximum Gasteiger partial charge on any atom is 0.410 e. The molecule has 1 aromatic rings. The van der Waals surface area contributed by atoms with Gasteiger partial charge in [-0.05, 0) is 87.6 Å². The van der Waals surface area contributed by atoms with Crippen LogP contribution < -0.4 is 0 Å². The zero-order valence-electron chi connectivity index (χ0n) is 19.5. The van der Waals surface area contributed by atoms with E-state index < -0.39 is 5.60 Å². The molecule has 0 radical (unpaired) electrons. The molecule has 0 bridgehead atoms. The highest BCUT2D eigenvalue weighted by atomic mass is 35.5. The number of likely N-dealkylation sites (tertiary alicyclic amines) is 1. The van der Waals surface area contributed by atoms with Gasteiger partial charge in [-0.1, -0.05) is 11.6 Å². The molecular weight excluding hydrogens is 428 g/mol. The Balaban J connectivity index is 1.51. The molecule has 176 valence electrons. The first-order chi connectivity index (χ1) is 15.2. The molecule has 0 unspecified atom stereocenters. The normalized spacial score (nSPS) is 22.1. The summed E-state index contributed by atoms with van der Waals surface area (Å²) in [6.45, 7) is 9.18. The molecule has 4 rings (SSSR count). The summed E-state index contributed by atoms with van der Waals surface area (Å²) < 4.78 is 11.1. The SMILES string of the molecule is CC(C)(C)OC(=O)N1CCC[C@H]1c1cc(Cl)cc2c1CCN(C(=O)CC1CCOCC1)C2. The number of carbonyl (C=O) groups is 2. The van der Waals surface area contributed by atoms with Crippen LogP contribution in [0.4, 0.5) is 4.79 Å². The van der Waals surface area contributed by atoms with Crippen molar-refractivity contribution in [2.75, 3.05) is 26.3 Å². The van der Waals surface area contributed by atoms with Crippen LogP contribution in [0, 0.1) is 5.92 Å². The average molecular weight is 463 g/mol. The number of hydrogen-bond acceptors (Lipinski definition) is 4. The van der Waals surface area contributed by atoms with E-state index in [1.807, 2.05) is 42.7 Å². The molecule has 3 heterocycles. The minimum atomic E-state index is -0.524. The minimum absolute atomic E-state index is 0.0261. The van der Waals surface area contributed by atoms with Crippen molar-refractivity contribution in [3.63, 3.8) is 0 Å². The molecule has 3 aliphatic heterocycles. The maximum atomic E-state index is 13.0. The average Bonchev–Trinajstić information content (AvgIpc) is 3.22. The fourth-order valence-corrected chi connectivity index (χ4v) is 5.41. The number of hydrogen-bond donors (Lipinski definition) is 0. The van der Waals surface area contributed by atoms with Gasteiger partial charge in [0.1, 0.15) is 5.60 Å². The molecule has 2 fully saturated rings. The third-order valence-electron chi connectivity index (χ3n) is 6.73. The highest BCUT2D eigenvalue weighted by Gasteiger charge is 2.36. The van der Waals surface area contributed by atoms with E-state index in [1.54, 1.807) is 0 Å². The van der Waals surface area contributed by atoms with Crippen molar-refractivity contribution in [3.05, 3.63) is 33.8 Å². The summed E-state index contributed by atoms with van der Waals surface area (Å²) in [5, 5.41) is 0.661. The van der Waals surface area contributed by atoms with Crippen molar-refractivity contribution in [3.8, 4) is 0 Å². The number of halogens is 1. The van der Waals surface area contributed by atoms with Crippen LogP contribution >= 0.6 is 11.6 Å². The van der Waals surface area contributed by atoms with Gasteiger partial charge in [-0.15, -0.1) is 0 Å². The number of nitrogens with zero attached hydrogens (tertiary/aromatic N) is 2. The number of carbonyl (C=O) groups excluding carboxylic acids is 2. The Bertz CT molecular complexity index is 860. The van der Waals surface area contributed by atoms with Gasteiger partial charge in [0.05, 0.1) is 6.04 Å². The van der Waals surface area contributed by atoms with Crippen LogP contribution in [0.1, 0.15) is 75.6 Å². The fraction of sp³-hybridized carbons (Fsp3) is 0.680. The summed E-state index contributed by atoms with van der Waals surface area (Å²) in [5.41, 5.74) is 2.94. The Morgan fingerprint density at radius 3 is 2.62 bits per heavy atom. The van der Waals surface area contributed by atoms with Crippen LogP contribution in [-0.2, 0) is 27.2 Å². The minimum Gasteiger partial charge on any atom is -0.444 e. The second kappa shape index (κ2) is 9.60. The third-order valence-corrected chi connectivity index (χ3v) is 6.95. The lowest BCUT2D eigenvalue weighted by Gasteiger charge is -2.35. The summed E-state index contributed by atoms with van der Waals surface area (Å²) in [6, 6.07) is 3.97. The lowest BCUT2D eigenvalue weighted by molar-refractivity contribution is -0.133. The molecule has 6 nitrogen and oxygen atoms in total. The Kier molecular flexibility index (Phi) is 7.01. The molecule has 0 N–H and O–H groups in total. The van der Waals surface area contributed by atoms with Crippen LogP contribution in [0.15, 0.2) is 12.1 Å². The number of fused-ring (bicyclic) bond motifs is 1. The third kappa shape index (κ3) is 5.40.